The molecule has 9 heteroatoms. The molecule has 0 saturated heterocycles. The number of imidazole rings is 1. The fourth-order valence-electron chi connectivity index (χ4n) is 5.93. The van der Waals surface area contributed by atoms with Crippen LogP contribution >= 0.6 is 23.4 Å². The molecule has 1 atom stereocenters. The zero-order valence-electron chi connectivity index (χ0n) is 25.2. The molecule has 0 N–H and O–H groups in total. The van der Waals surface area contributed by atoms with Crippen LogP contribution in [0, 0.1) is 24.4 Å². The highest BCUT2D eigenvalue weighted by atomic mass is 35.5. The molecule has 0 fully saturated rings. The summed E-state index contributed by atoms with van der Waals surface area (Å²) < 4.78 is 57.5. The third-order valence-corrected chi connectivity index (χ3v) is 9.83. The van der Waals surface area contributed by atoms with Crippen molar-refractivity contribution in [2.24, 2.45) is 0 Å². The van der Waals surface area contributed by atoms with Crippen LogP contribution in [-0.4, -0.2) is 16.7 Å². The van der Waals surface area contributed by atoms with E-state index in [0.29, 0.717) is 15.9 Å². The zero-order valence-corrected chi connectivity index (χ0v) is 26.7. The normalized spacial score (nSPS) is 16.0. The lowest BCUT2D eigenvalue weighted by molar-refractivity contribution is 0.302. The summed E-state index contributed by atoms with van der Waals surface area (Å²) in [6, 6.07) is 22.0. The molecule has 0 saturated carbocycles. The lowest BCUT2D eigenvalue weighted by Crippen LogP contribution is -2.31. The van der Waals surface area contributed by atoms with E-state index in [2.05, 4.69) is 13.0 Å². The average Bonchev–Trinajstić information content (AvgIpc) is 3.41. The number of aromatic nitrogens is 2. The highest BCUT2D eigenvalue weighted by Crippen LogP contribution is 2.46. The Kier molecular flexibility index (Phi) is 8.89. The molecule has 0 amide bonds. The van der Waals surface area contributed by atoms with Gasteiger partial charge in [0, 0.05) is 39.6 Å². The second-order valence-corrected chi connectivity index (χ2v) is 12.8. The van der Waals surface area contributed by atoms with Crippen molar-refractivity contribution in [1.82, 2.24) is 9.55 Å². The Morgan fingerprint density at radius 2 is 1.64 bits per heavy atom. The molecular formula is C36H32ClF3N2O2S. The van der Waals surface area contributed by atoms with Crippen LogP contribution in [0.25, 0.3) is 5.69 Å². The molecule has 6 rings (SSSR count). The molecule has 0 radical (unpaired) electrons. The van der Waals surface area contributed by atoms with Gasteiger partial charge in [0.1, 0.15) is 35.6 Å². The van der Waals surface area contributed by atoms with Gasteiger partial charge in [-0.3, -0.25) is 4.57 Å². The van der Waals surface area contributed by atoms with Crippen LogP contribution in [0.15, 0.2) is 84.0 Å². The first-order chi connectivity index (χ1) is 21.7. The summed E-state index contributed by atoms with van der Waals surface area (Å²) in [6.45, 7) is 4.33. The molecule has 1 aliphatic carbocycles. The van der Waals surface area contributed by atoms with Crippen molar-refractivity contribution in [3.05, 3.63) is 135 Å². The maximum atomic E-state index is 15.3. The number of fused-ring (bicyclic) bond motifs is 1. The van der Waals surface area contributed by atoms with E-state index >= 15 is 8.78 Å². The smallest absolute Gasteiger partial charge is 0.173 e. The number of nitrogens with zero attached hydrogens (tertiary/aromatic N) is 2. The van der Waals surface area contributed by atoms with Gasteiger partial charge in [-0.25, -0.2) is 18.2 Å². The van der Waals surface area contributed by atoms with Crippen LogP contribution < -0.4 is 9.47 Å². The van der Waals surface area contributed by atoms with Crippen molar-refractivity contribution >= 4 is 23.4 Å². The highest BCUT2D eigenvalue weighted by molar-refractivity contribution is 7.98. The van der Waals surface area contributed by atoms with E-state index < -0.39 is 17.0 Å². The van der Waals surface area contributed by atoms with Gasteiger partial charge in [0.15, 0.2) is 5.16 Å². The summed E-state index contributed by atoms with van der Waals surface area (Å²) in [5, 5.41) is 1.28. The molecule has 0 bridgehead atoms. The molecule has 0 aliphatic heterocycles. The van der Waals surface area contributed by atoms with E-state index in [0.717, 1.165) is 53.0 Å². The van der Waals surface area contributed by atoms with Gasteiger partial charge in [0.05, 0.1) is 18.5 Å². The van der Waals surface area contributed by atoms with Crippen molar-refractivity contribution in [2.75, 3.05) is 7.11 Å². The first kappa shape index (κ1) is 31.1. The number of halogens is 4. The van der Waals surface area contributed by atoms with Crippen molar-refractivity contribution in [3.63, 3.8) is 0 Å². The van der Waals surface area contributed by atoms with Crippen LogP contribution in [0.4, 0.5) is 13.2 Å². The largest absolute Gasteiger partial charge is 0.497 e. The summed E-state index contributed by atoms with van der Waals surface area (Å²) in [7, 11) is 1.58. The number of hydrogen-bond acceptors (Lipinski definition) is 4. The first-order valence-electron chi connectivity index (χ1n) is 14.7. The van der Waals surface area contributed by atoms with E-state index in [9.17, 15) is 4.39 Å². The molecule has 4 aromatic carbocycles. The first-order valence-corrected chi connectivity index (χ1v) is 16.0. The van der Waals surface area contributed by atoms with Gasteiger partial charge in [-0.2, -0.15) is 0 Å². The number of rotatable bonds is 9. The predicted molar refractivity (Wildman–Crippen MR) is 172 cm³/mol. The SMILES string of the molecule is COc1ccc(COc2cc(F)c(CSc3nc4c(n3-c3ccc(F)cc3)C(C)(c3ccc(Cl)c(C)c3)CCC4)c(F)c2)cc1. The van der Waals surface area contributed by atoms with Crippen LogP contribution in [0.3, 0.4) is 0 Å². The van der Waals surface area contributed by atoms with E-state index in [4.69, 9.17) is 26.1 Å². The monoisotopic (exact) mass is 648 g/mol. The standard InChI is InChI=1S/C36H32ClF3N2O2S/c1-22-17-24(8-15-30(22)37)36(2)16-4-5-33-34(36)42(26-11-9-25(38)10-12-26)35(41-33)45-21-29-31(39)18-28(19-32(29)40)44-20-23-6-13-27(43-3)14-7-23/h6-15,17-19H,4-5,16,20-21H2,1-3H3. The zero-order chi connectivity index (χ0) is 31.7. The Morgan fingerprint density at radius 3 is 2.31 bits per heavy atom. The third kappa shape index (κ3) is 6.31. The van der Waals surface area contributed by atoms with Gasteiger partial charge in [0.2, 0.25) is 0 Å². The van der Waals surface area contributed by atoms with Gasteiger partial charge in [-0.15, -0.1) is 0 Å². The molecule has 1 aliphatic rings. The topological polar surface area (TPSA) is 36.3 Å². The molecule has 0 spiro atoms. The number of ether oxygens (including phenoxy) is 2. The molecule has 45 heavy (non-hydrogen) atoms. The van der Waals surface area contributed by atoms with Gasteiger partial charge in [-0.1, -0.05) is 47.6 Å². The summed E-state index contributed by atoms with van der Waals surface area (Å²) >= 11 is 7.62. The minimum atomic E-state index is -0.696. The quantitative estimate of drug-likeness (QED) is 0.149. The molecule has 5 aromatic rings. The number of thioether (sulfide) groups is 1. The molecule has 1 unspecified atom stereocenters. The fraction of sp³-hybridized carbons (Fsp3) is 0.250. The summed E-state index contributed by atoms with van der Waals surface area (Å²) in [5.41, 5.74) is 5.09. The van der Waals surface area contributed by atoms with Crippen molar-refractivity contribution in [2.45, 2.75) is 56.0 Å². The average molecular weight is 649 g/mol. The lowest BCUT2D eigenvalue weighted by atomic mass is 9.71. The molecule has 232 valence electrons. The van der Waals surface area contributed by atoms with E-state index in [1.165, 1.54) is 36.0 Å². The molecule has 1 aromatic heterocycles. The number of methoxy groups -OCH3 is 1. The lowest BCUT2D eigenvalue weighted by Gasteiger charge is -2.36. The number of benzene rings is 4. The van der Waals surface area contributed by atoms with E-state index in [1.54, 1.807) is 31.4 Å². The Bertz CT molecular complexity index is 1820. The van der Waals surface area contributed by atoms with Crippen LogP contribution in [-0.2, 0) is 24.2 Å². The predicted octanol–water partition coefficient (Wildman–Crippen LogP) is 9.77. The van der Waals surface area contributed by atoms with Crippen molar-refractivity contribution in [3.8, 4) is 17.2 Å². The van der Waals surface area contributed by atoms with E-state index in [-0.39, 0.29) is 29.5 Å². The second-order valence-electron chi connectivity index (χ2n) is 11.4. The Morgan fingerprint density at radius 1 is 0.933 bits per heavy atom. The second kappa shape index (κ2) is 12.9. The van der Waals surface area contributed by atoms with Crippen molar-refractivity contribution in [1.29, 1.82) is 0 Å². The Labute approximate surface area is 270 Å². The summed E-state index contributed by atoms with van der Waals surface area (Å²) in [5.74, 6) is -0.923. The highest BCUT2D eigenvalue weighted by Gasteiger charge is 2.39. The van der Waals surface area contributed by atoms with Gasteiger partial charge >= 0.3 is 0 Å². The number of hydrogen-bond donors (Lipinski definition) is 0. The Hall–Kier alpha value is -3.88. The van der Waals surface area contributed by atoms with Gasteiger partial charge in [0.25, 0.3) is 0 Å². The maximum Gasteiger partial charge on any atom is 0.173 e. The molecule has 4 nitrogen and oxygen atoms in total. The number of aryl methyl sites for hydroxylation is 2. The molecular weight excluding hydrogens is 617 g/mol. The summed E-state index contributed by atoms with van der Waals surface area (Å²) in [4.78, 5) is 5.01. The van der Waals surface area contributed by atoms with Gasteiger partial charge < -0.3 is 9.47 Å². The van der Waals surface area contributed by atoms with Crippen LogP contribution in [0.1, 0.15) is 53.4 Å². The Balaban J connectivity index is 1.31. The summed E-state index contributed by atoms with van der Waals surface area (Å²) in [6.07, 6.45) is 2.57. The minimum absolute atomic E-state index is 0.00425. The van der Waals surface area contributed by atoms with Crippen LogP contribution in [0.5, 0.6) is 11.5 Å². The van der Waals surface area contributed by atoms with Gasteiger partial charge in [-0.05, 0) is 92.3 Å². The van der Waals surface area contributed by atoms with E-state index in [1.807, 2.05) is 35.8 Å². The fourth-order valence-corrected chi connectivity index (χ4v) is 7.10. The van der Waals surface area contributed by atoms with Crippen LogP contribution in [0.2, 0.25) is 5.02 Å². The molecule has 1 heterocycles. The minimum Gasteiger partial charge on any atom is -0.497 e. The third-order valence-electron chi connectivity index (χ3n) is 8.44. The van der Waals surface area contributed by atoms with Crippen molar-refractivity contribution < 1.29 is 22.6 Å². The maximum absolute atomic E-state index is 15.3.